The summed E-state index contributed by atoms with van der Waals surface area (Å²) in [7, 11) is -1.58. The molecular weight excluding hydrogens is 442 g/mol. The summed E-state index contributed by atoms with van der Waals surface area (Å²) in [6.45, 7) is 3.98. The van der Waals surface area contributed by atoms with Crippen LogP contribution in [0.15, 0.2) is 58.2 Å². The Bertz CT molecular complexity index is 1370. The molecule has 0 amide bonds. The monoisotopic (exact) mass is 465 g/mol. The molecule has 0 radical (unpaired) electrons. The topological polar surface area (TPSA) is 150 Å². The van der Waals surface area contributed by atoms with E-state index in [1.54, 1.807) is 19.9 Å². The van der Waals surface area contributed by atoms with E-state index in [2.05, 4.69) is 30.5 Å². The van der Waals surface area contributed by atoms with Crippen LogP contribution >= 0.6 is 0 Å². The van der Waals surface area contributed by atoms with E-state index in [9.17, 15) is 8.42 Å². The van der Waals surface area contributed by atoms with Crippen molar-refractivity contribution in [3.05, 3.63) is 54.4 Å². The molecule has 3 N–H and O–H groups in total. The zero-order chi connectivity index (χ0) is 23.6. The van der Waals surface area contributed by atoms with Gasteiger partial charge in [0.25, 0.3) is 5.89 Å². The lowest BCUT2D eigenvalue weighted by atomic mass is 10.1. The van der Waals surface area contributed by atoms with E-state index in [4.69, 9.17) is 10.2 Å². The molecule has 170 valence electrons. The first-order valence-corrected chi connectivity index (χ1v) is 11.7. The van der Waals surface area contributed by atoms with Gasteiger partial charge >= 0.3 is 0 Å². The summed E-state index contributed by atoms with van der Waals surface area (Å²) in [4.78, 5) is 12.8. The van der Waals surface area contributed by atoms with Crippen molar-refractivity contribution in [2.24, 2.45) is 0 Å². The number of aromatic nitrogens is 5. The van der Waals surface area contributed by atoms with Crippen LogP contribution in [-0.4, -0.2) is 45.9 Å². The highest BCUT2D eigenvalue weighted by atomic mass is 32.2. The first-order valence-electron chi connectivity index (χ1n) is 10.2. The lowest BCUT2D eigenvalue weighted by Gasteiger charge is -2.08. The third kappa shape index (κ3) is 4.59. The number of benzene rings is 1. The number of nitrogen functional groups attached to an aromatic ring is 1. The number of sulfone groups is 1. The highest BCUT2D eigenvalue weighted by molar-refractivity contribution is 7.91. The van der Waals surface area contributed by atoms with Crippen molar-refractivity contribution >= 4 is 15.7 Å². The van der Waals surface area contributed by atoms with E-state index in [1.807, 2.05) is 31.3 Å². The van der Waals surface area contributed by atoms with E-state index in [-0.39, 0.29) is 22.4 Å². The molecule has 0 fully saturated rings. The van der Waals surface area contributed by atoms with Gasteiger partial charge in [-0.05, 0) is 50.7 Å². The highest BCUT2D eigenvalue weighted by Gasteiger charge is 2.21. The Labute approximate surface area is 191 Å². The minimum atomic E-state index is -3.47. The standard InChI is InChI=1S/C22H23N7O3S/c1-13(2)33(30,31)18-9-8-16(11-25-18)17-12-26-20(23)19(27-17)22-29-28-21(32-22)15-6-4-14(5-7-15)10-24-3/h4-9,11-13,24H,10H2,1-3H3,(H2,23,26). The van der Waals surface area contributed by atoms with Gasteiger partial charge in [-0.2, -0.15) is 0 Å². The highest BCUT2D eigenvalue weighted by Crippen LogP contribution is 2.28. The Kier molecular flexibility index (Phi) is 6.16. The van der Waals surface area contributed by atoms with Gasteiger partial charge in [0.1, 0.15) is 0 Å². The summed E-state index contributed by atoms with van der Waals surface area (Å²) in [5.41, 5.74) is 9.16. The SMILES string of the molecule is CNCc1ccc(-c2nnc(-c3nc(-c4ccc(S(=O)(=O)C(C)C)nc4)cnc3N)o2)cc1. The van der Waals surface area contributed by atoms with Crippen molar-refractivity contribution in [1.29, 1.82) is 0 Å². The molecule has 3 heterocycles. The predicted octanol–water partition coefficient (Wildman–Crippen LogP) is 2.74. The van der Waals surface area contributed by atoms with Gasteiger partial charge in [0.15, 0.2) is 26.4 Å². The fraction of sp³-hybridized carbons (Fsp3) is 0.227. The van der Waals surface area contributed by atoms with Crippen molar-refractivity contribution < 1.29 is 12.8 Å². The molecule has 0 aliphatic carbocycles. The summed E-state index contributed by atoms with van der Waals surface area (Å²) in [6, 6.07) is 10.8. The van der Waals surface area contributed by atoms with Crippen molar-refractivity contribution in [2.45, 2.75) is 30.7 Å². The predicted molar refractivity (Wildman–Crippen MR) is 123 cm³/mol. The van der Waals surface area contributed by atoms with Crippen LogP contribution in [0.5, 0.6) is 0 Å². The third-order valence-electron chi connectivity index (χ3n) is 4.95. The van der Waals surface area contributed by atoms with Gasteiger partial charge in [-0.25, -0.2) is 23.4 Å². The van der Waals surface area contributed by atoms with Gasteiger partial charge in [0.2, 0.25) is 5.89 Å². The molecule has 0 bridgehead atoms. The normalized spacial score (nSPS) is 11.8. The number of nitrogens with two attached hydrogens (primary N) is 1. The van der Waals surface area contributed by atoms with Gasteiger partial charge in [0.05, 0.1) is 17.1 Å². The fourth-order valence-corrected chi connectivity index (χ4v) is 3.98. The Hall–Kier alpha value is -3.70. The van der Waals surface area contributed by atoms with Crippen LogP contribution in [0.2, 0.25) is 0 Å². The van der Waals surface area contributed by atoms with Crippen molar-refractivity contribution in [3.8, 4) is 34.3 Å². The van der Waals surface area contributed by atoms with Crippen LogP contribution in [0, 0.1) is 0 Å². The number of hydrogen-bond acceptors (Lipinski definition) is 10. The number of anilines is 1. The number of nitrogens with zero attached hydrogens (tertiary/aromatic N) is 5. The molecule has 0 aliphatic heterocycles. The van der Waals surface area contributed by atoms with Crippen LogP contribution in [0.3, 0.4) is 0 Å². The molecule has 0 atom stereocenters. The number of pyridine rings is 1. The van der Waals surface area contributed by atoms with Gasteiger partial charge in [-0.15, -0.1) is 10.2 Å². The molecule has 0 saturated carbocycles. The van der Waals surface area contributed by atoms with Crippen LogP contribution in [0.25, 0.3) is 34.3 Å². The maximum absolute atomic E-state index is 12.3. The quantitative estimate of drug-likeness (QED) is 0.417. The Morgan fingerprint density at radius 1 is 0.970 bits per heavy atom. The summed E-state index contributed by atoms with van der Waals surface area (Å²) in [5, 5.41) is 10.7. The van der Waals surface area contributed by atoms with Crippen molar-refractivity contribution in [3.63, 3.8) is 0 Å². The van der Waals surface area contributed by atoms with Gasteiger partial charge in [-0.3, -0.25) is 0 Å². The molecule has 10 nitrogen and oxygen atoms in total. The summed E-state index contributed by atoms with van der Waals surface area (Å²) >= 11 is 0. The summed E-state index contributed by atoms with van der Waals surface area (Å²) in [6.07, 6.45) is 2.91. The molecule has 11 heteroatoms. The maximum Gasteiger partial charge on any atom is 0.270 e. The lowest BCUT2D eigenvalue weighted by molar-refractivity contribution is 0.582. The Morgan fingerprint density at radius 3 is 2.30 bits per heavy atom. The average molecular weight is 466 g/mol. The fourth-order valence-electron chi connectivity index (χ4n) is 3.04. The first-order chi connectivity index (χ1) is 15.8. The summed E-state index contributed by atoms with van der Waals surface area (Å²) < 4.78 is 30.4. The van der Waals surface area contributed by atoms with E-state index < -0.39 is 15.1 Å². The maximum atomic E-state index is 12.3. The van der Waals surface area contributed by atoms with Crippen LogP contribution in [0.1, 0.15) is 19.4 Å². The zero-order valence-corrected chi connectivity index (χ0v) is 19.2. The Morgan fingerprint density at radius 2 is 1.67 bits per heavy atom. The number of rotatable bonds is 7. The number of hydrogen-bond donors (Lipinski definition) is 2. The molecule has 0 spiro atoms. The second kappa shape index (κ2) is 9.04. The summed E-state index contributed by atoms with van der Waals surface area (Å²) in [5.74, 6) is 0.589. The molecular formula is C22H23N7O3S. The van der Waals surface area contributed by atoms with Gasteiger partial charge in [-0.1, -0.05) is 12.1 Å². The number of nitrogens with one attached hydrogen (secondary N) is 1. The molecule has 4 rings (SSSR count). The minimum Gasteiger partial charge on any atom is -0.414 e. The second-order valence-electron chi connectivity index (χ2n) is 7.61. The minimum absolute atomic E-state index is 0.00663. The van der Waals surface area contributed by atoms with Crippen LogP contribution < -0.4 is 11.1 Å². The van der Waals surface area contributed by atoms with Gasteiger partial charge in [0, 0.05) is 23.9 Å². The average Bonchev–Trinajstić information content (AvgIpc) is 3.30. The largest absolute Gasteiger partial charge is 0.414 e. The van der Waals surface area contributed by atoms with Crippen molar-refractivity contribution in [2.75, 3.05) is 12.8 Å². The van der Waals surface area contributed by atoms with Crippen molar-refractivity contribution in [1.82, 2.24) is 30.5 Å². The molecule has 0 saturated heterocycles. The molecule has 3 aromatic heterocycles. The second-order valence-corrected chi connectivity index (χ2v) is 10.1. The third-order valence-corrected chi connectivity index (χ3v) is 7.02. The lowest BCUT2D eigenvalue weighted by Crippen LogP contribution is -2.15. The Balaban J connectivity index is 1.63. The molecule has 0 unspecified atom stereocenters. The van der Waals surface area contributed by atoms with Crippen LogP contribution in [0.4, 0.5) is 5.82 Å². The van der Waals surface area contributed by atoms with E-state index in [0.717, 1.165) is 17.7 Å². The molecule has 4 aromatic rings. The zero-order valence-electron chi connectivity index (χ0n) is 18.3. The smallest absolute Gasteiger partial charge is 0.270 e. The molecule has 33 heavy (non-hydrogen) atoms. The van der Waals surface area contributed by atoms with E-state index in [0.29, 0.717) is 17.1 Å². The molecule has 1 aromatic carbocycles. The van der Waals surface area contributed by atoms with E-state index in [1.165, 1.54) is 18.5 Å². The van der Waals surface area contributed by atoms with Crippen LogP contribution in [-0.2, 0) is 16.4 Å². The first kappa shape index (κ1) is 22.5. The van der Waals surface area contributed by atoms with Gasteiger partial charge < -0.3 is 15.5 Å². The molecule has 0 aliphatic rings. The van der Waals surface area contributed by atoms with E-state index >= 15 is 0 Å².